The van der Waals surface area contributed by atoms with Gasteiger partial charge in [-0.15, -0.1) is 0 Å². The molecule has 0 heterocycles. The summed E-state index contributed by atoms with van der Waals surface area (Å²) >= 11 is 0. The molecule has 0 aliphatic heterocycles. The van der Waals surface area contributed by atoms with Gasteiger partial charge >= 0.3 is 0 Å². The Morgan fingerprint density at radius 2 is 2.11 bits per heavy atom. The molecule has 18 heavy (non-hydrogen) atoms. The number of benzene rings is 1. The van der Waals surface area contributed by atoms with E-state index in [2.05, 4.69) is 12.2 Å². The van der Waals surface area contributed by atoms with Crippen LogP contribution in [0.1, 0.15) is 18.9 Å². The van der Waals surface area contributed by atoms with Crippen molar-refractivity contribution in [2.75, 3.05) is 27.2 Å². The van der Waals surface area contributed by atoms with Crippen LogP contribution in [0.2, 0.25) is 0 Å². The first-order valence-electron chi connectivity index (χ1n) is 6.25. The number of ether oxygens (including phenoxy) is 1. The summed E-state index contributed by atoms with van der Waals surface area (Å²) < 4.78 is 5.27. The number of likely N-dealkylation sites (N-methyl/N-ethyl adjacent to an activating group) is 1. The molecule has 1 N–H and O–H groups in total. The fourth-order valence-corrected chi connectivity index (χ4v) is 1.68. The molecule has 0 saturated carbocycles. The second kappa shape index (κ2) is 7.71. The van der Waals surface area contributed by atoms with Crippen LogP contribution in [0.5, 0.6) is 5.75 Å². The van der Waals surface area contributed by atoms with Crippen LogP contribution in [-0.2, 0) is 11.3 Å². The van der Waals surface area contributed by atoms with Gasteiger partial charge in [0.1, 0.15) is 5.75 Å². The van der Waals surface area contributed by atoms with Crippen LogP contribution in [0.25, 0.3) is 0 Å². The van der Waals surface area contributed by atoms with E-state index in [-0.39, 0.29) is 5.91 Å². The molecule has 4 heteroatoms. The summed E-state index contributed by atoms with van der Waals surface area (Å²) in [5.74, 6) is 0.910. The van der Waals surface area contributed by atoms with Gasteiger partial charge in [-0.05, 0) is 19.0 Å². The number of carbonyl (C=O) groups is 1. The zero-order valence-corrected chi connectivity index (χ0v) is 11.4. The first-order valence-corrected chi connectivity index (χ1v) is 6.25. The Morgan fingerprint density at radius 3 is 2.78 bits per heavy atom. The molecule has 100 valence electrons. The van der Waals surface area contributed by atoms with Gasteiger partial charge in [0.05, 0.1) is 13.7 Å². The van der Waals surface area contributed by atoms with Crippen molar-refractivity contribution in [3.05, 3.63) is 29.8 Å². The molecule has 0 atom stereocenters. The summed E-state index contributed by atoms with van der Waals surface area (Å²) in [7, 11) is 3.45. The Bertz CT molecular complexity index is 380. The summed E-state index contributed by atoms with van der Waals surface area (Å²) in [6.07, 6.45) is 1.03. The molecule has 1 rings (SSSR count). The predicted octanol–water partition coefficient (Wildman–Crippen LogP) is 1.65. The highest BCUT2D eigenvalue weighted by atomic mass is 16.5. The highest BCUT2D eigenvalue weighted by molar-refractivity contribution is 5.78. The van der Waals surface area contributed by atoms with Crippen LogP contribution in [0.3, 0.4) is 0 Å². The van der Waals surface area contributed by atoms with Crippen LogP contribution in [0.15, 0.2) is 24.3 Å². The summed E-state index contributed by atoms with van der Waals surface area (Å²) in [4.78, 5) is 13.6. The molecule has 0 fully saturated rings. The molecule has 0 aliphatic rings. The summed E-state index contributed by atoms with van der Waals surface area (Å²) in [5, 5.41) is 3.11. The lowest BCUT2D eigenvalue weighted by molar-refractivity contribution is -0.129. The SMILES string of the molecule is CCCNCC(=O)N(C)Cc1ccccc1OC. The largest absolute Gasteiger partial charge is 0.496 e. The van der Waals surface area contributed by atoms with E-state index in [9.17, 15) is 4.79 Å². The Labute approximate surface area is 109 Å². The van der Waals surface area contributed by atoms with Gasteiger partial charge in [-0.1, -0.05) is 25.1 Å². The number of nitrogens with one attached hydrogen (secondary N) is 1. The van der Waals surface area contributed by atoms with Gasteiger partial charge in [0.25, 0.3) is 0 Å². The highest BCUT2D eigenvalue weighted by Gasteiger charge is 2.10. The number of carbonyl (C=O) groups excluding carboxylic acids is 1. The molecule has 1 aromatic carbocycles. The van der Waals surface area contributed by atoms with Crippen LogP contribution in [0.4, 0.5) is 0 Å². The molecule has 1 amide bonds. The lowest BCUT2D eigenvalue weighted by atomic mass is 10.2. The van der Waals surface area contributed by atoms with Crippen molar-refractivity contribution in [3.63, 3.8) is 0 Å². The van der Waals surface area contributed by atoms with E-state index in [4.69, 9.17) is 4.74 Å². The summed E-state index contributed by atoms with van der Waals surface area (Å²) in [6, 6.07) is 7.75. The molecule has 1 aromatic rings. The Morgan fingerprint density at radius 1 is 1.39 bits per heavy atom. The molecule has 0 aromatic heterocycles. The third kappa shape index (κ3) is 4.37. The lowest BCUT2D eigenvalue weighted by Crippen LogP contribution is -2.35. The number of nitrogens with zero attached hydrogens (tertiary/aromatic N) is 1. The molecule has 0 saturated heterocycles. The van der Waals surface area contributed by atoms with E-state index in [1.54, 1.807) is 12.0 Å². The maximum absolute atomic E-state index is 11.8. The first kappa shape index (κ1) is 14.5. The summed E-state index contributed by atoms with van der Waals surface area (Å²) in [6.45, 7) is 3.90. The van der Waals surface area contributed by atoms with E-state index in [0.717, 1.165) is 24.3 Å². The summed E-state index contributed by atoms with van der Waals surface area (Å²) in [5.41, 5.74) is 1.02. The fraction of sp³-hybridized carbons (Fsp3) is 0.500. The molecule has 0 bridgehead atoms. The van der Waals surface area contributed by atoms with Gasteiger partial charge < -0.3 is 15.0 Å². The molecule has 0 aliphatic carbocycles. The third-order valence-corrected chi connectivity index (χ3v) is 2.73. The van der Waals surface area contributed by atoms with Crippen molar-refractivity contribution in [1.82, 2.24) is 10.2 Å². The van der Waals surface area contributed by atoms with Crippen molar-refractivity contribution >= 4 is 5.91 Å². The Hall–Kier alpha value is -1.55. The maximum Gasteiger partial charge on any atom is 0.236 e. The molecule has 4 nitrogen and oxygen atoms in total. The van der Waals surface area contributed by atoms with Crippen LogP contribution in [0, 0.1) is 0 Å². The average Bonchev–Trinajstić information content (AvgIpc) is 2.39. The van der Waals surface area contributed by atoms with Gasteiger partial charge in [-0.2, -0.15) is 0 Å². The molecular weight excluding hydrogens is 228 g/mol. The molecule has 0 radical (unpaired) electrons. The first-order chi connectivity index (χ1) is 8.69. The minimum Gasteiger partial charge on any atom is -0.496 e. The third-order valence-electron chi connectivity index (χ3n) is 2.73. The topological polar surface area (TPSA) is 41.6 Å². The minimum absolute atomic E-state index is 0.0920. The zero-order chi connectivity index (χ0) is 13.4. The van der Waals surface area contributed by atoms with E-state index in [0.29, 0.717) is 13.1 Å². The predicted molar refractivity (Wildman–Crippen MR) is 72.6 cm³/mol. The number of hydrogen-bond acceptors (Lipinski definition) is 3. The van der Waals surface area contributed by atoms with Crippen molar-refractivity contribution in [1.29, 1.82) is 0 Å². The quantitative estimate of drug-likeness (QED) is 0.748. The van der Waals surface area contributed by atoms with Crippen LogP contribution in [-0.4, -0.2) is 38.1 Å². The number of rotatable bonds is 7. The number of amides is 1. The van der Waals surface area contributed by atoms with Gasteiger partial charge in [-0.3, -0.25) is 4.79 Å². The van der Waals surface area contributed by atoms with Crippen molar-refractivity contribution in [2.24, 2.45) is 0 Å². The van der Waals surface area contributed by atoms with E-state index < -0.39 is 0 Å². The molecule has 0 spiro atoms. The van der Waals surface area contributed by atoms with Gasteiger partial charge in [0.2, 0.25) is 5.91 Å². The van der Waals surface area contributed by atoms with E-state index >= 15 is 0 Å². The normalized spacial score (nSPS) is 10.2. The Balaban J connectivity index is 2.52. The maximum atomic E-state index is 11.8. The second-order valence-corrected chi connectivity index (χ2v) is 4.24. The molecule has 0 unspecified atom stereocenters. The Kier molecular flexibility index (Phi) is 6.22. The second-order valence-electron chi connectivity index (χ2n) is 4.24. The van der Waals surface area contributed by atoms with Crippen molar-refractivity contribution in [3.8, 4) is 5.75 Å². The van der Waals surface area contributed by atoms with E-state index in [1.807, 2.05) is 31.3 Å². The van der Waals surface area contributed by atoms with Crippen LogP contribution < -0.4 is 10.1 Å². The smallest absolute Gasteiger partial charge is 0.236 e. The monoisotopic (exact) mass is 250 g/mol. The van der Waals surface area contributed by atoms with Gasteiger partial charge in [-0.25, -0.2) is 0 Å². The van der Waals surface area contributed by atoms with Crippen molar-refractivity contribution in [2.45, 2.75) is 19.9 Å². The van der Waals surface area contributed by atoms with Gasteiger partial charge in [0, 0.05) is 19.2 Å². The molecular formula is C14H22N2O2. The van der Waals surface area contributed by atoms with E-state index in [1.165, 1.54) is 0 Å². The fourth-order valence-electron chi connectivity index (χ4n) is 1.68. The van der Waals surface area contributed by atoms with Crippen molar-refractivity contribution < 1.29 is 9.53 Å². The standard InChI is InChI=1S/C14H22N2O2/c1-4-9-15-10-14(17)16(2)11-12-7-5-6-8-13(12)18-3/h5-8,15H,4,9-11H2,1-3H3. The lowest BCUT2D eigenvalue weighted by Gasteiger charge is -2.19. The highest BCUT2D eigenvalue weighted by Crippen LogP contribution is 2.18. The minimum atomic E-state index is 0.0920. The average molecular weight is 250 g/mol. The number of methoxy groups -OCH3 is 1. The zero-order valence-electron chi connectivity index (χ0n) is 11.4. The van der Waals surface area contributed by atoms with Crippen LogP contribution >= 0.6 is 0 Å². The number of hydrogen-bond donors (Lipinski definition) is 1. The van der Waals surface area contributed by atoms with Gasteiger partial charge in [0.15, 0.2) is 0 Å². The number of para-hydroxylation sites is 1.